The van der Waals surface area contributed by atoms with Crippen LogP contribution in [-0.2, 0) is 4.74 Å². The highest BCUT2D eigenvalue weighted by Gasteiger charge is 2.41. The van der Waals surface area contributed by atoms with Crippen molar-refractivity contribution < 1.29 is 9.84 Å². The minimum Gasteiger partial charge on any atom is -0.463 e. The zero-order chi connectivity index (χ0) is 14.3. The number of aliphatic hydroxyl groups is 1. The zero-order valence-electron chi connectivity index (χ0n) is 11.0. The first-order chi connectivity index (χ1) is 9.61. The van der Waals surface area contributed by atoms with Crippen LogP contribution in [0.1, 0.15) is 17.5 Å². The predicted octanol–water partition coefficient (Wildman–Crippen LogP) is 1.97. The van der Waals surface area contributed by atoms with Gasteiger partial charge < -0.3 is 14.7 Å². The first-order valence-electron chi connectivity index (χ1n) is 6.47. The number of aliphatic imine (C=N–C) groups is 1. The standard InChI is InChI=1S/C14H14ClN3O2/c1-8-10(3-2-9(6-16)13(8)15)17-14-18-5-4-12(19)11(18)7-20-14/h2-3,11-12,19H,4-5,7H2,1H3/b17-14-/t11-,12+/m1/s1. The van der Waals surface area contributed by atoms with Crippen molar-refractivity contribution in [3.8, 4) is 6.07 Å². The lowest BCUT2D eigenvalue weighted by molar-refractivity contribution is 0.134. The van der Waals surface area contributed by atoms with Gasteiger partial charge in [0.15, 0.2) is 0 Å². The summed E-state index contributed by atoms with van der Waals surface area (Å²) in [5.41, 5.74) is 1.88. The Morgan fingerprint density at radius 2 is 2.35 bits per heavy atom. The van der Waals surface area contributed by atoms with Gasteiger partial charge in [-0.1, -0.05) is 11.6 Å². The van der Waals surface area contributed by atoms with Crippen molar-refractivity contribution in [1.82, 2.24) is 4.90 Å². The van der Waals surface area contributed by atoms with E-state index in [9.17, 15) is 5.11 Å². The summed E-state index contributed by atoms with van der Waals surface area (Å²) < 4.78 is 5.55. The molecule has 5 nitrogen and oxygen atoms in total. The molecule has 0 saturated carbocycles. The van der Waals surface area contributed by atoms with E-state index in [2.05, 4.69) is 4.99 Å². The van der Waals surface area contributed by atoms with Gasteiger partial charge in [-0.2, -0.15) is 10.3 Å². The summed E-state index contributed by atoms with van der Waals surface area (Å²) in [6, 6.07) is 5.98. The molecular weight excluding hydrogens is 278 g/mol. The molecule has 2 fully saturated rings. The Kier molecular flexibility index (Phi) is 3.28. The van der Waals surface area contributed by atoms with Crippen molar-refractivity contribution in [3.05, 3.63) is 28.3 Å². The third-order valence-electron chi connectivity index (χ3n) is 3.83. The summed E-state index contributed by atoms with van der Waals surface area (Å²) in [4.78, 5) is 6.47. The number of halogens is 1. The topological polar surface area (TPSA) is 68.8 Å². The first kappa shape index (κ1) is 13.2. The number of hydrogen-bond acceptors (Lipinski definition) is 4. The molecule has 104 valence electrons. The molecular formula is C14H14ClN3O2. The highest BCUT2D eigenvalue weighted by Crippen LogP contribution is 2.31. The molecule has 2 atom stereocenters. The smallest absolute Gasteiger partial charge is 0.293 e. The van der Waals surface area contributed by atoms with Gasteiger partial charge in [-0.15, -0.1) is 0 Å². The second kappa shape index (κ2) is 4.97. The monoisotopic (exact) mass is 291 g/mol. The summed E-state index contributed by atoms with van der Waals surface area (Å²) in [6.45, 7) is 3.03. The van der Waals surface area contributed by atoms with E-state index in [-0.39, 0.29) is 12.1 Å². The molecule has 2 aliphatic rings. The van der Waals surface area contributed by atoms with Crippen molar-refractivity contribution in [2.45, 2.75) is 25.5 Å². The maximum Gasteiger partial charge on any atom is 0.293 e. The predicted molar refractivity (Wildman–Crippen MR) is 75.1 cm³/mol. The van der Waals surface area contributed by atoms with Gasteiger partial charge in [-0.3, -0.25) is 0 Å². The number of benzene rings is 1. The average Bonchev–Trinajstić information content (AvgIpc) is 3.00. The summed E-state index contributed by atoms with van der Waals surface area (Å²) in [5, 5.41) is 19.2. The minimum absolute atomic E-state index is 0.00269. The zero-order valence-corrected chi connectivity index (χ0v) is 11.8. The molecule has 3 rings (SSSR count). The van der Waals surface area contributed by atoms with Crippen molar-refractivity contribution in [2.75, 3.05) is 13.2 Å². The lowest BCUT2D eigenvalue weighted by Gasteiger charge is -2.15. The Hall–Kier alpha value is -1.77. The number of aliphatic hydroxyl groups excluding tert-OH is 1. The van der Waals surface area contributed by atoms with Gasteiger partial charge in [0, 0.05) is 6.54 Å². The summed E-state index contributed by atoms with van der Waals surface area (Å²) >= 11 is 6.13. The van der Waals surface area contributed by atoms with Crippen molar-refractivity contribution in [1.29, 1.82) is 5.26 Å². The van der Waals surface area contributed by atoms with E-state index in [0.29, 0.717) is 28.9 Å². The Balaban J connectivity index is 1.94. The largest absolute Gasteiger partial charge is 0.463 e. The van der Waals surface area contributed by atoms with Gasteiger partial charge in [0.05, 0.1) is 28.4 Å². The Labute approximate surface area is 122 Å². The van der Waals surface area contributed by atoms with Crippen molar-refractivity contribution in [2.24, 2.45) is 4.99 Å². The highest BCUT2D eigenvalue weighted by atomic mass is 35.5. The van der Waals surface area contributed by atoms with Crippen LogP contribution in [-0.4, -0.2) is 41.3 Å². The molecule has 0 aliphatic carbocycles. The van der Waals surface area contributed by atoms with Crippen LogP contribution in [0.5, 0.6) is 0 Å². The van der Waals surface area contributed by atoms with Crippen LogP contribution in [0.2, 0.25) is 5.02 Å². The van der Waals surface area contributed by atoms with Gasteiger partial charge in [0.25, 0.3) is 6.02 Å². The van der Waals surface area contributed by atoms with Crippen molar-refractivity contribution in [3.63, 3.8) is 0 Å². The molecule has 0 amide bonds. The SMILES string of the molecule is Cc1c(/N=C2\OC[C@@H]3[C@@H](O)CCN23)ccc(C#N)c1Cl. The van der Waals surface area contributed by atoms with Crippen LogP contribution in [0.4, 0.5) is 5.69 Å². The molecule has 2 saturated heterocycles. The van der Waals surface area contributed by atoms with E-state index in [1.54, 1.807) is 12.1 Å². The van der Waals surface area contributed by atoms with Gasteiger partial charge in [-0.25, -0.2) is 0 Å². The number of rotatable bonds is 1. The Bertz CT molecular complexity index is 624. The quantitative estimate of drug-likeness (QED) is 0.859. The molecule has 1 N–H and O–H groups in total. The molecule has 0 radical (unpaired) electrons. The molecule has 0 unspecified atom stereocenters. The number of amidine groups is 1. The summed E-state index contributed by atoms with van der Waals surface area (Å²) in [5.74, 6) is 0. The van der Waals surface area contributed by atoms with Crippen LogP contribution >= 0.6 is 11.6 Å². The number of nitrogens with zero attached hydrogens (tertiary/aromatic N) is 3. The van der Waals surface area contributed by atoms with Crippen LogP contribution in [0.3, 0.4) is 0 Å². The van der Waals surface area contributed by atoms with E-state index < -0.39 is 0 Å². The van der Waals surface area contributed by atoms with Gasteiger partial charge in [-0.05, 0) is 31.0 Å². The van der Waals surface area contributed by atoms with Crippen LogP contribution in [0.15, 0.2) is 17.1 Å². The summed E-state index contributed by atoms with van der Waals surface area (Å²) in [6.07, 6.45) is 0.383. The molecule has 0 spiro atoms. The van der Waals surface area contributed by atoms with Gasteiger partial charge in [0.1, 0.15) is 12.7 Å². The molecule has 1 aromatic carbocycles. The second-order valence-corrected chi connectivity index (χ2v) is 5.38. The van der Waals surface area contributed by atoms with E-state index >= 15 is 0 Å². The second-order valence-electron chi connectivity index (χ2n) is 5.01. The fourth-order valence-electron chi connectivity index (χ4n) is 2.60. The van der Waals surface area contributed by atoms with Crippen LogP contribution in [0, 0.1) is 18.3 Å². The molecule has 2 aliphatic heterocycles. The van der Waals surface area contributed by atoms with Gasteiger partial charge >= 0.3 is 0 Å². The number of fused-ring (bicyclic) bond motifs is 1. The van der Waals surface area contributed by atoms with E-state index in [1.165, 1.54) is 0 Å². The highest BCUT2D eigenvalue weighted by molar-refractivity contribution is 6.32. The molecule has 0 aromatic heterocycles. The molecule has 2 heterocycles. The maximum absolute atomic E-state index is 9.82. The third kappa shape index (κ3) is 2.01. The Morgan fingerprint density at radius 1 is 1.55 bits per heavy atom. The number of hydrogen-bond donors (Lipinski definition) is 1. The molecule has 6 heteroatoms. The molecule has 1 aromatic rings. The number of ether oxygens (including phenoxy) is 1. The van der Waals surface area contributed by atoms with Crippen LogP contribution in [0.25, 0.3) is 0 Å². The normalized spacial score (nSPS) is 26.5. The maximum atomic E-state index is 9.82. The average molecular weight is 292 g/mol. The first-order valence-corrected chi connectivity index (χ1v) is 6.85. The third-order valence-corrected chi connectivity index (χ3v) is 4.32. The van der Waals surface area contributed by atoms with Crippen LogP contribution < -0.4 is 0 Å². The summed E-state index contributed by atoms with van der Waals surface area (Å²) in [7, 11) is 0. The van der Waals surface area contributed by atoms with E-state index in [0.717, 1.165) is 18.5 Å². The van der Waals surface area contributed by atoms with E-state index in [4.69, 9.17) is 21.6 Å². The fraction of sp³-hybridized carbons (Fsp3) is 0.429. The van der Waals surface area contributed by atoms with Crippen molar-refractivity contribution >= 4 is 23.3 Å². The molecule has 0 bridgehead atoms. The minimum atomic E-state index is -0.353. The lowest BCUT2D eigenvalue weighted by atomic mass is 10.1. The molecule has 20 heavy (non-hydrogen) atoms. The Morgan fingerprint density at radius 3 is 3.10 bits per heavy atom. The van der Waals surface area contributed by atoms with Gasteiger partial charge in [0.2, 0.25) is 0 Å². The lowest BCUT2D eigenvalue weighted by Crippen LogP contribution is -2.33. The fourth-order valence-corrected chi connectivity index (χ4v) is 2.80. The van der Waals surface area contributed by atoms with E-state index in [1.807, 2.05) is 17.9 Å². The number of nitriles is 1.